The van der Waals surface area contributed by atoms with E-state index in [1.807, 2.05) is 13.8 Å². The number of carboxylic acid groups (broad SMARTS) is 1. The van der Waals surface area contributed by atoms with E-state index in [9.17, 15) is 9.59 Å². The van der Waals surface area contributed by atoms with Crippen LogP contribution in [0.25, 0.3) is 0 Å². The number of urea groups is 1. The van der Waals surface area contributed by atoms with Crippen LogP contribution in [0.1, 0.15) is 40.0 Å². The van der Waals surface area contributed by atoms with E-state index in [1.54, 1.807) is 0 Å². The van der Waals surface area contributed by atoms with Gasteiger partial charge in [-0.25, -0.2) is 9.59 Å². The van der Waals surface area contributed by atoms with Gasteiger partial charge in [-0.2, -0.15) is 0 Å². The average molecular weight is 286 g/mol. The first kappa shape index (κ1) is 16.8. The standard InChI is InChI=1S/C14H26N2O4/c1-4-10(2)11(12(17)18)16-13(19)15-9-14(3)5-7-20-8-6-14/h10-11H,4-9H2,1-3H3,(H,17,18)(H2,15,16,19). The molecule has 0 bridgehead atoms. The largest absolute Gasteiger partial charge is 0.480 e. The van der Waals surface area contributed by atoms with Crippen molar-refractivity contribution in [1.82, 2.24) is 10.6 Å². The summed E-state index contributed by atoms with van der Waals surface area (Å²) in [6.07, 6.45) is 2.51. The Morgan fingerprint density at radius 2 is 1.95 bits per heavy atom. The van der Waals surface area contributed by atoms with E-state index in [2.05, 4.69) is 17.6 Å². The fourth-order valence-corrected chi connectivity index (χ4v) is 2.21. The topological polar surface area (TPSA) is 87.7 Å². The van der Waals surface area contributed by atoms with Crippen LogP contribution >= 0.6 is 0 Å². The Morgan fingerprint density at radius 3 is 2.45 bits per heavy atom. The normalized spacial score (nSPS) is 20.8. The Bertz CT molecular complexity index is 340. The number of nitrogens with one attached hydrogen (secondary N) is 2. The first-order chi connectivity index (χ1) is 9.38. The number of carbonyl (C=O) groups is 2. The molecule has 2 atom stereocenters. The molecule has 2 amide bonds. The highest BCUT2D eigenvalue weighted by atomic mass is 16.5. The molecule has 6 heteroatoms. The smallest absolute Gasteiger partial charge is 0.326 e. The lowest BCUT2D eigenvalue weighted by atomic mass is 9.82. The van der Waals surface area contributed by atoms with Gasteiger partial charge >= 0.3 is 12.0 Å². The average Bonchev–Trinajstić information content (AvgIpc) is 2.42. The summed E-state index contributed by atoms with van der Waals surface area (Å²) >= 11 is 0. The van der Waals surface area contributed by atoms with Crippen LogP contribution in [0.2, 0.25) is 0 Å². The highest BCUT2D eigenvalue weighted by Gasteiger charge is 2.29. The number of carboxylic acids is 1. The minimum Gasteiger partial charge on any atom is -0.480 e. The van der Waals surface area contributed by atoms with E-state index in [1.165, 1.54) is 0 Å². The first-order valence-electron chi connectivity index (χ1n) is 7.23. The molecular formula is C14H26N2O4. The van der Waals surface area contributed by atoms with Gasteiger partial charge in [0.15, 0.2) is 0 Å². The van der Waals surface area contributed by atoms with Crippen molar-refractivity contribution in [3.63, 3.8) is 0 Å². The third kappa shape index (κ3) is 5.00. The van der Waals surface area contributed by atoms with Crippen LogP contribution in [0.3, 0.4) is 0 Å². The second-order valence-corrected chi connectivity index (χ2v) is 5.95. The molecule has 20 heavy (non-hydrogen) atoms. The third-order valence-corrected chi connectivity index (χ3v) is 4.14. The molecule has 1 heterocycles. The van der Waals surface area contributed by atoms with Crippen molar-refractivity contribution in [3.8, 4) is 0 Å². The zero-order chi connectivity index (χ0) is 15.2. The fourth-order valence-electron chi connectivity index (χ4n) is 2.21. The molecule has 1 rings (SSSR count). The van der Waals surface area contributed by atoms with Gasteiger partial charge < -0.3 is 20.5 Å². The quantitative estimate of drug-likeness (QED) is 0.692. The maximum atomic E-state index is 11.8. The SMILES string of the molecule is CCC(C)C(NC(=O)NCC1(C)CCOCC1)C(=O)O. The van der Waals surface area contributed by atoms with Crippen LogP contribution in [0.5, 0.6) is 0 Å². The summed E-state index contributed by atoms with van der Waals surface area (Å²) in [5.41, 5.74) is 0.0324. The minimum atomic E-state index is -0.994. The second-order valence-electron chi connectivity index (χ2n) is 5.95. The number of ether oxygens (including phenoxy) is 1. The minimum absolute atomic E-state index is 0.0324. The van der Waals surface area contributed by atoms with Gasteiger partial charge in [-0.3, -0.25) is 0 Å². The van der Waals surface area contributed by atoms with Gasteiger partial charge in [0.2, 0.25) is 0 Å². The number of hydrogen-bond acceptors (Lipinski definition) is 3. The Balaban J connectivity index is 2.43. The maximum absolute atomic E-state index is 11.8. The van der Waals surface area contributed by atoms with Gasteiger partial charge in [0, 0.05) is 19.8 Å². The van der Waals surface area contributed by atoms with E-state index in [0.717, 1.165) is 12.8 Å². The van der Waals surface area contributed by atoms with Crippen molar-refractivity contribution >= 4 is 12.0 Å². The lowest BCUT2D eigenvalue weighted by molar-refractivity contribution is -0.140. The fraction of sp³-hybridized carbons (Fsp3) is 0.857. The van der Waals surface area contributed by atoms with Crippen molar-refractivity contribution in [1.29, 1.82) is 0 Å². The maximum Gasteiger partial charge on any atom is 0.326 e. The van der Waals surface area contributed by atoms with Gasteiger partial charge in [-0.1, -0.05) is 27.2 Å². The van der Waals surface area contributed by atoms with Crippen molar-refractivity contribution in [3.05, 3.63) is 0 Å². The summed E-state index contributed by atoms with van der Waals surface area (Å²) in [5.74, 6) is -1.09. The molecule has 0 aliphatic carbocycles. The molecule has 0 aromatic carbocycles. The van der Waals surface area contributed by atoms with Crippen molar-refractivity contribution in [2.24, 2.45) is 11.3 Å². The van der Waals surface area contributed by atoms with Gasteiger partial charge in [0.1, 0.15) is 6.04 Å². The molecule has 116 valence electrons. The van der Waals surface area contributed by atoms with Crippen molar-refractivity contribution in [2.75, 3.05) is 19.8 Å². The van der Waals surface area contributed by atoms with Crippen LogP contribution < -0.4 is 10.6 Å². The van der Waals surface area contributed by atoms with Crippen LogP contribution in [-0.2, 0) is 9.53 Å². The van der Waals surface area contributed by atoms with Gasteiger partial charge in [-0.15, -0.1) is 0 Å². The molecule has 1 fully saturated rings. The van der Waals surface area contributed by atoms with Crippen molar-refractivity contribution in [2.45, 2.75) is 46.1 Å². The molecule has 0 radical (unpaired) electrons. The lowest BCUT2D eigenvalue weighted by Gasteiger charge is -2.33. The zero-order valence-corrected chi connectivity index (χ0v) is 12.6. The van der Waals surface area contributed by atoms with E-state index in [-0.39, 0.29) is 11.3 Å². The van der Waals surface area contributed by atoms with E-state index >= 15 is 0 Å². The van der Waals surface area contributed by atoms with Gasteiger partial charge in [0.05, 0.1) is 0 Å². The summed E-state index contributed by atoms with van der Waals surface area (Å²) in [7, 11) is 0. The number of amides is 2. The molecule has 0 spiro atoms. The molecule has 0 aromatic rings. The van der Waals surface area contributed by atoms with Crippen molar-refractivity contribution < 1.29 is 19.4 Å². The summed E-state index contributed by atoms with van der Waals surface area (Å²) in [6, 6.07) is -1.26. The molecule has 3 N–H and O–H groups in total. The molecule has 1 saturated heterocycles. The monoisotopic (exact) mass is 286 g/mol. The van der Waals surface area contributed by atoms with E-state index < -0.39 is 18.0 Å². The number of carbonyl (C=O) groups excluding carboxylic acids is 1. The predicted octanol–water partition coefficient (Wildman–Crippen LogP) is 1.60. The van der Waals surface area contributed by atoms with Crippen LogP contribution in [0.15, 0.2) is 0 Å². The third-order valence-electron chi connectivity index (χ3n) is 4.14. The van der Waals surface area contributed by atoms with Crippen LogP contribution in [-0.4, -0.2) is 42.9 Å². The van der Waals surface area contributed by atoms with E-state index in [4.69, 9.17) is 9.84 Å². The number of hydrogen-bond donors (Lipinski definition) is 3. The zero-order valence-electron chi connectivity index (χ0n) is 12.6. The summed E-state index contributed by atoms with van der Waals surface area (Å²) < 4.78 is 5.31. The predicted molar refractivity (Wildman–Crippen MR) is 75.6 cm³/mol. The molecular weight excluding hydrogens is 260 g/mol. The molecule has 6 nitrogen and oxygen atoms in total. The lowest BCUT2D eigenvalue weighted by Crippen LogP contribution is -2.51. The molecule has 0 saturated carbocycles. The highest BCUT2D eigenvalue weighted by Crippen LogP contribution is 2.28. The van der Waals surface area contributed by atoms with E-state index in [0.29, 0.717) is 26.2 Å². The molecule has 2 unspecified atom stereocenters. The Hall–Kier alpha value is -1.30. The Morgan fingerprint density at radius 1 is 1.35 bits per heavy atom. The number of aliphatic carboxylic acids is 1. The van der Waals surface area contributed by atoms with Gasteiger partial charge in [-0.05, 0) is 24.2 Å². The Kier molecular flexibility index (Phi) is 6.26. The first-order valence-corrected chi connectivity index (χ1v) is 7.23. The van der Waals surface area contributed by atoms with Gasteiger partial charge in [0.25, 0.3) is 0 Å². The summed E-state index contributed by atoms with van der Waals surface area (Å²) in [6.45, 7) is 7.80. The molecule has 1 aliphatic heterocycles. The Labute approximate surface area is 120 Å². The molecule has 0 aromatic heterocycles. The summed E-state index contributed by atoms with van der Waals surface area (Å²) in [5, 5.41) is 14.5. The second kappa shape index (κ2) is 7.47. The summed E-state index contributed by atoms with van der Waals surface area (Å²) in [4.78, 5) is 23.0. The van der Waals surface area contributed by atoms with Crippen LogP contribution in [0.4, 0.5) is 4.79 Å². The molecule has 1 aliphatic rings. The number of rotatable bonds is 6. The highest BCUT2D eigenvalue weighted by molar-refractivity contribution is 5.82. The van der Waals surface area contributed by atoms with Crippen LogP contribution in [0, 0.1) is 11.3 Å².